The summed E-state index contributed by atoms with van der Waals surface area (Å²) in [4.78, 5) is 25.8. The summed E-state index contributed by atoms with van der Waals surface area (Å²) in [6, 6.07) is 12.2. The second kappa shape index (κ2) is 8.08. The van der Waals surface area contributed by atoms with E-state index in [4.69, 9.17) is 0 Å². The number of aromatic nitrogens is 1. The average molecular weight is 348 g/mol. The van der Waals surface area contributed by atoms with Crippen LogP contribution in [0.3, 0.4) is 0 Å². The van der Waals surface area contributed by atoms with Gasteiger partial charge in [-0.05, 0) is 18.1 Å². The molecule has 2 aromatic rings. The minimum atomic E-state index is -3.76. The minimum absolute atomic E-state index is 0.0601. The van der Waals surface area contributed by atoms with Gasteiger partial charge in [-0.2, -0.15) is 0 Å². The Morgan fingerprint density at radius 1 is 1.25 bits per heavy atom. The first-order valence-corrected chi connectivity index (χ1v) is 9.59. The molecule has 0 aliphatic heterocycles. The number of pyridine rings is 1. The Hall–Kier alpha value is -2.17. The number of aliphatic carboxylic acids is 1. The predicted octanol–water partition coefficient (Wildman–Crippen LogP) is 3.85. The van der Waals surface area contributed by atoms with Crippen molar-refractivity contribution in [3.8, 4) is 0 Å². The van der Waals surface area contributed by atoms with Crippen LogP contribution in [0.15, 0.2) is 48.7 Å². The van der Waals surface area contributed by atoms with Crippen LogP contribution in [0.2, 0.25) is 0 Å². The lowest BCUT2D eigenvalue weighted by atomic mass is 9.95. The minimum Gasteiger partial charge on any atom is -0.481 e. The maximum Gasteiger partial charge on any atom is 0.311 e. The molecule has 1 heterocycles. The second-order valence-electron chi connectivity index (χ2n) is 5.58. The van der Waals surface area contributed by atoms with E-state index in [1.807, 2.05) is 13.0 Å². The predicted molar refractivity (Wildman–Crippen MR) is 93.1 cm³/mol. The molecule has 6 nitrogen and oxygen atoms in total. The zero-order chi connectivity index (χ0) is 17.6. The summed E-state index contributed by atoms with van der Waals surface area (Å²) in [6.45, 7) is 1.89. The molecule has 2 rings (SSSR count). The molecule has 0 spiro atoms. The monoisotopic (exact) mass is 348 g/mol. The van der Waals surface area contributed by atoms with Crippen LogP contribution in [0.4, 0.5) is 5.82 Å². The molecule has 0 bridgehead atoms. The van der Waals surface area contributed by atoms with Crippen molar-refractivity contribution in [2.45, 2.75) is 31.8 Å². The fourth-order valence-electron chi connectivity index (χ4n) is 2.53. The van der Waals surface area contributed by atoms with Crippen molar-refractivity contribution in [1.29, 1.82) is 0 Å². The summed E-state index contributed by atoms with van der Waals surface area (Å²) < 4.78 is 12.5. The van der Waals surface area contributed by atoms with E-state index < -0.39 is 19.4 Å². The maximum absolute atomic E-state index is 12.5. The number of carboxylic acids is 1. The van der Waals surface area contributed by atoms with Gasteiger partial charge in [-0.1, -0.05) is 49.7 Å². The first-order valence-electron chi connectivity index (χ1n) is 7.74. The van der Waals surface area contributed by atoms with Crippen LogP contribution in [0.5, 0.6) is 0 Å². The van der Waals surface area contributed by atoms with Crippen molar-refractivity contribution in [3.05, 3.63) is 59.8 Å². The van der Waals surface area contributed by atoms with E-state index in [9.17, 15) is 19.4 Å². The molecule has 1 aromatic heterocycles. The van der Waals surface area contributed by atoms with Crippen LogP contribution in [0.25, 0.3) is 0 Å². The van der Waals surface area contributed by atoms with Gasteiger partial charge in [0.2, 0.25) is 0 Å². The van der Waals surface area contributed by atoms with Crippen molar-refractivity contribution in [2.24, 2.45) is 0 Å². The summed E-state index contributed by atoms with van der Waals surface area (Å²) in [7, 11) is -3.76. The van der Waals surface area contributed by atoms with Crippen LogP contribution in [0, 0.1) is 0 Å². The molecule has 0 aliphatic carbocycles. The Bertz CT molecular complexity index is 736. The number of rotatable bonds is 8. The molecule has 0 saturated carbocycles. The third-order valence-corrected chi connectivity index (χ3v) is 4.97. The third-order valence-electron chi connectivity index (χ3n) is 3.61. The topological polar surface area (TPSA) is 99.5 Å². The smallest absolute Gasteiger partial charge is 0.311 e. The van der Waals surface area contributed by atoms with Crippen molar-refractivity contribution in [1.82, 2.24) is 4.98 Å². The van der Waals surface area contributed by atoms with Gasteiger partial charge in [-0.25, -0.2) is 4.98 Å². The molecule has 2 unspecified atom stereocenters. The van der Waals surface area contributed by atoms with E-state index in [1.54, 1.807) is 36.4 Å². The number of carboxylic acid groups (broad SMARTS) is 1. The second-order valence-corrected chi connectivity index (χ2v) is 7.52. The third kappa shape index (κ3) is 4.91. The van der Waals surface area contributed by atoms with E-state index in [0.29, 0.717) is 18.4 Å². The fraction of sp³-hybridized carbons (Fsp3) is 0.294. The summed E-state index contributed by atoms with van der Waals surface area (Å²) in [5.41, 5.74) is 1.14. The molecular formula is C17H21N2O4P. The number of nitrogens with zero attached hydrogens (tertiary/aromatic N) is 1. The van der Waals surface area contributed by atoms with Crippen molar-refractivity contribution in [2.75, 3.05) is 5.09 Å². The zero-order valence-electron chi connectivity index (χ0n) is 13.4. The highest BCUT2D eigenvalue weighted by atomic mass is 31.2. The number of carbonyl (C=O) groups is 1. The number of anilines is 1. The fourth-order valence-corrected chi connectivity index (χ4v) is 3.83. The first-order chi connectivity index (χ1) is 11.4. The van der Waals surface area contributed by atoms with Crippen molar-refractivity contribution in [3.63, 3.8) is 0 Å². The average Bonchev–Trinajstić information content (AvgIpc) is 2.53. The molecule has 0 amide bonds. The molecule has 2 atom stereocenters. The molecule has 0 saturated heterocycles. The molecule has 1 aromatic carbocycles. The highest BCUT2D eigenvalue weighted by molar-refractivity contribution is 7.58. The molecular weight excluding hydrogens is 327 g/mol. The van der Waals surface area contributed by atoms with E-state index in [2.05, 4.69) is 10.1 Å². The standard InChI is InChI=1S/C17H21N2O4P/c1-2-7-15(17(20)21)14-10-6-11-18-16(14)19-24(22,23)12-13-8-4-3-5-9-13/h3-6,8-11,15H,2,7,12H2,1H3,(H,20,21)(H2,18,19,22,23). The number of nitrogens with one attached hydrogen (secondary N) is 1. The van der Waals surface area contributed by atoms with E-state index in [-0.39, 0.29) is 12.0 Å². The molecule has 0 aliphatic rings. The summed E-state index contributed by atoms with van der Waals surface area (Å²) in [5.74, 6) is -1.58. The number of hydrogen-bond acceptors (Lipinski definition) is 3. The van der Waals surface area contributed by atoms with Gasteiger partial charge in [0.25, 0.3) is 7.52 Å². The SMILES string of the molecule is CCCC(C(=O)O)c1cccnc1NP(=O)(O)Cc1ccccc1. The molecule has 128 valence electrons. The lowest BCUT2D eigenvalue weighted by molar-refractivity contribution is -0.139. The molecule has 24 heavy (non-hydrogen) atoms. The van der Waals surface area contributed by atoms with Gasteiger partial charge in [-0.15, -0.1) is 0 Å². The van der Waals surface area contributed by atoms with Crippen molar-refractivity contribution < 1.29 is 19.4 Å². The Labute approximate surface area is 141 Å². The van der Waals surface area contributed by atoms with Gasteiger partial charge >= 0.3 is 5.97 Å². The molecule has 7 heteroatoms. The quantitative estimate of drug-likeness (QED) is 0.627. The van der Waals surface area contributed by atoms with Gasteiger partial charge in [0.15, 0.2) is 0 Å². The van der Waals surface area contributed by atoms with Crippen LogP contribution in [-0.4, -0.2) is 21.0 Å². The van der Waals surface area contributed by atoms with Crippen LogP contribution < -0.4 is 5.09 Å². The lowest BCUT2D eigenvalue weighted by Crippen LogP contribution is -2.14. The highest BCUT2D eigenvalue weighted by Crippen LogP contribution is 2.45. The summed E-state index contributed by atoms with van der Waals surface area (Å²) >= 11 is 0. The van der Waals surface area contributed by atoms with E-state index in [0.717, 1.165) is 5.56 Å². The summed E-state index contributed by atoms with van der Waals surface area (Å²) in [6.07, 6.45) is 2.53. The van der Waals surface area contributed by atoms with Gasteiger partial charge < -0.3 is 10.00 Å². The van der Waals surface area contributed by atoms with Gasteiger partial charge in [0.05, 0.1) is 12.1 Å². The van der Waals surface area contributed by atoms with Gasteiger partial charge in [-0.3, -0.25) is 14.4 Å². The highest BCUT2D eigenvalue weighted by Gasteiger charge is 2.26. The van der Waals surface area contributed by atoms with Gasteiger partial charge in [0, 0.05) is 11.8 Å². The van der Waals surface area contributed by atoms with E-state index in [1.165, 1.54) is 6.20 Å². The molecule has 0 fully saturated rings. The Balaban J connectivity index is 2.26. The normalized spacial score (nSPS) is 14.6. The molecule has 0 radical (unpaired) electrons. The zero-order valence-corrected chi connectivity index (χ0v) is 14.3. The van der Waals surface area contributed by atoms with Crippen LogP contribution in [-0.2, 0) is 15.5 Å². The largest absolute Gasteiger partial charge is 0.481 e. The maximum atomic E-state index is 12.5. The Morgan fingerprint density at radius 2 is 1.96 bits per heavy atom. The number of benzene rings is 1. The van der Waals surface area contributed by atoms with Crippen LogP contribution >= 0.6 is 7.52 Å². The van der Waals surface area contributed by atoms with Crippen LogP contribution in [0.1, 0.15) is 36.8 Å². The summed E-state index contributed by atoms with van der Waals surface area (Å²) in [5, 5.41) is 12.0. The van der Waals surface area contributed by atoms with Crippen molar-refractivity contribution >= 4 is 19.3 Å². The van der Waals surface area contributed by atoms with Gasteiger partial charge in [0.1, 0.15) is 5.82 Å². The first kappa shape index (κ1) is 18.2. The van der Waals surface area contributed by atoms with E-state index >= 15 is 0 Å². The Kier molecular flexibility index (Phi) is 6.12. The lowest BCUT2D eigenvalue weighted by Gasteiger charge is -2.19. The number of hydrogen-bond donors (Lipinski definition) is 3. The Morgan fingerprint density at radius 3 is 2.58 bits per heavy atom. The molecule has 3 N–H and O–H groups in total.